The van der Waals surface area contributed by atoms with Crippen LogP contribution in [0.15, 0.2) is 35.4 Å². The predicted molar refractivity (Wildman–Crippen MR) is 123 cm³/mol. The standard InChI is InChI=1S/C24H20F7N5O3/c1-21(2,23(27,28)24(29,30)31)34-20(38)14-7-36(19-15(26)5-12(25)6-32-19)18-13(17(14)37)3-4-16(33-18)35-8-22(9-35)10-39-11-22/h3-7H,8-11H2,1-2H3,(H,34,38). The molecule has 0 unspecified atom stereocenters. The fraction of sp³-hybridized carbons (Fsp3) is 0.417. The topological polar surface area (TPSA) is 89.3 Å². The number of pyridine rings is 3. The molecule has 0 radical (unpaired) electrons. The summed E-state index contributed by atoms with van der Waals surface area (Å²) >= 11 is 0. The first-order valence-electron chi connectivity index (χ1n) is 11.5. The van der Waals surface area contributed by atoms with E-state index in [-0.39, 0.29) is 16.4 Å². The highest BCUT2D eigenvalue weighted by Crippen LogP contribution is 2.43. The number of carbonyl (C=O) groups is 1. The molecule has 5 rings (SSSR count). The summed E-state index contributed by atoms with van der Waals surface area (Å²) < 4.78 is 101. The fourth-order valence-electron chi connectivity index (χ4n) is 4.56. The molecule has 208 valence electrons. The first kappa shape index (κ1) is 26.8. The number of rotatable bonds is 5. The lowest BCUT2D eigenvalue weighted by Gasteiger charge is -2.55. The van der Waals surface area contributed by atoms with Crippen molar-refractivity contribution in [3.63, 3.8) is 0 Å². The number of hydrogen-bond donors (Lipinski definition) is 1. The summed E-state index contributed by atoms with van der Waals surface area (Å²) in [6.45, 7) is 3.24. The third-order valence-corrected chi connectivity index (χ3v) is 6.86. The molecule has 2 aliphatic heterocycles. The van der Waals surface area contributed by atoms with Gasteiger partial charge in [0.05, 0.1) is 30.2 Å². The number of halogens is 7. The van der Waals surface area contributed by atoms with Gasteiger partial charge in [-0.15, -0.1) is 0 Å². The zero-order valence-corrected chi connectivity index (χ0v) is 20.4. The van der Waals surface area contributed by atoms with Gasteiger partial charge < -0.3 is 15.0 Å². The summed E-state index contributed by atoms with van der Waals surface area (Å²) in [5.74, 6) is -9.39. The van der Waals surface area contributed by atoms with E-state index in [1.54, 1.807) is 5.32 Å². The van der Waals surface area contributed by atoms with Gasteiger partial charge in [-0.3, -0.25) is 14.2 Å². The monoisotopic (exact) mass is 559 g/mol. The average Bonchev–Trinajstić information content (AvgIpc) is 2.77. The van der Waals surface area contributed by atoms with Crippen molar-refractivity contribution in [2.24, 2.45) is 5.41 Å². The van der Waals surface area contributed by atoms with Gasteiger partial charge in [-0.2, -0.15) is 22.0 Å². The normalized spacial score (nSPS) is 17.2. The Hall–Kier alpha value is -3.75. The van der Waals surface area contributed by atoms with E-state index in [0.717, 1.165) is 10.8 Å². The summed E-state index contributed by atoms with van der Waals surface area (Å²) in [4.78, 5) is 36.1. The molecule has 1 N–H and O–H groups in total. The highest BCUT2D eigenvalue weighted by molar-refractivity contribution is 5.97. The Kier molecular flexibility index (Phi) is 5.94. The van der Waals surface area contributed by atoms with Crippen molar-refractivity contribution in [3.8, 4) is 5.82 Å². The minimum atomic E-state index is -6.00. The van der Waals surface area contributed by atoms with Crippen molar-refractivity contribution in [2.75, 3.05) is 31.2 Å². The van der Waals surface area contributed by atoms with Crippen LogP contribution in [0.2, 0.25) is 0 Å². The van der Waals surface area contributed by atoms with Gasteiger partial charge in [-0.25, -0.2) is 18.7 Å². The Bertz CT molecular complexity index is 1540. The minimum absolute atomic E-state index is 0.00580. The van der Waals surface area contributed by atoms with Crippen molar-refractivity contribution in [1.82, 2.24) is 19.9 Å². The van der Waals surface area contributed by atoms with Crippen LogP contribution in [0.5, 0.6) is 0 Å². The van der Waals surface area contributed by atoms with Crippen molar-refractivity contribution in [2.45, 2.75) is 31.5 Å². The number of anilines is 1. The number of nitrogens with one attached hydrogen (secondary N) is 1. The molecule has 3 aromatic heterocycles. The van der Waals surface area contributed by atoms with E-state index in [0.29, 0.717) is 58.2 Å². The van der Waals surface area contributed by atoms with E-state index in [1.165, 1.54) is 12.1 Å². The van der Waals surface area contributed by atoms with Crippen LogP contribution in [0.4, 0.5) is 36.6 Å². The van der Waals surface area contributed by atoms with Crippen molar-refractivity contribution < 1.29 is 40.3 Å². The van der Waals surface area contributed by atoms with Crippen molar-refractivity contribution in [3.05, 3.63) is 58.0 Å². The maximum Gasteiger partial charge on any atom is 0.455 e. The van der Waals surface area contributed by atoms with Gasteiger partial charge in [0.15, 0.2) is 17.3 Å². The molecule has 0 saturated carbocycles. The first-order chi connectivity index (χ1) is 18.1. The Morgan fingerprint density at radius 1 is 1.10 bits per heavy atom. The smallest absolute Gasteiger partial charge is 0.380 e. The second-order valence-electron chi connectivity index (χ2n) is 10.2. The lowest BCUT2D eigenvalue weighted by atomic mass is 9.78. The molecular weight excluding hydrogens is 539 g/mol. The van der Waals surface area contributed by atoms with Crippen LogP contribution < -0.4 is 15.6 Å². The summed E-state index contributed by atoms with van der Waals surface area (Å²) in [5, 5.41) is 1.28. The third-order valence-electron chi connectivity index (χ3n) is 6.86. The van der Waals surface area contributed by atoms with E-state index >= 15 is 0 Å². The molecule has 2 fully saturated rings. The van der Waals surface area contributed by atoms with Gasteiger partial charge in [0.1, 0.15) is 22.7 Å². The number of hydrogen-bond acceptors (Lipinski definition) is 6. The molecule has 8 nitrogen and oxygen atoms in total. The number of aromatic nitrogens is 3. The molecule has 5 heterocycles. The van der Waals surface area contributed by atoms with Gasteiger partial charge in [0.2, 0.25) is 5.43 Å². The van der Waals surface area contributed by atoms with Gasteiger partial charge in [-0.05, 0) is 26.0 Å². The molecule has 0 bridgehead atoms. The Morgan fingerprint density at radius 3 is 2.33 bits per heavy atom. The lowest BCUT2D eigenvalue weighted by Crippen LogP contribution is -2.66. The second-order valence-corrected chi connectivity index (χ2v) is 10.2. The highest BCUT2D eigenvalue weighted by atomic mass is 19.4. The van der Waals surface area contributed by atoms with Crippen LogP contribution in [0.25, 0.3) is 16.9 Å². The number of alkyl halides is 5. The van der Waals surface area contributed by atoms with E-state index in [4.69, 9.17) is 4.74 Å². The molecule has 3 aromatic rings. The van der Waals surface area contributed by atoms with Crippen molar-refractivity contribution >= 4 is 22.8 Å². The van der Waals surface area contributed by atoms with Crippen molar-refractivity contribution in [1.29, 1.82) is 0 Å². The Morgan fingerprint density at radius 2 is 1.77 bits per heavy atom. The van der Waals surface area contributed by atoms with Crippen LogP contribution in [0, 0.1) is 17.0 Å². The summed E-state index contributed by atoms with van der Waals surface area (Å²) in [7, 11) is 0. The molecule has 1 amide bonds. The van der Waals surface area contributed by atoms with Crippen LogP contribution in [-0.4, -0.2) is 64.4 Å². The van der Waals surface area contributed by atoms with E-state index in [1.807, 2.05) is 4.90 Å². The number of carbonyl (C=O) groups excluding carboxylic acids is 1. The number of ether oxygens (including phenoxy) is 1. The molecular formula is C24H20F7N5O3. The van der Waals surface area contributed by atoms with E-state index in [2.05, 4.69) is 9.97 Å². The maximum atomic E-state index is 14.8. The van der Waals surface area contributed by atoms with Gasteiger partial charge in [0.25, 0.3) is 5.91 Å². The number of nitrogens with zero attached hydrogens (tertiary/aromatic N) is 4. The van der Waals surface area contributed by atoms with Crippen LogP contribution in [0.3, 0.4) is 0 Å². The van der Waals surface area contributed by atoms with Gasteiger partial charge >= 0.3 is 12.1 Å². The van der Waals surface area contributed by atoms with Crippen LogP contribution in [0.1, 0.15) is 24.2 Å². The first-order valence-corrected chi connectivity index (χ1v) is 11.5. The molecule has 0 atom stereocenters. The molecule has 15 heteroatoms. The Balaban J connectivity index is 1.62. The fourth-order valence-corrected chi connectivity index (χ4v) is 4.56. The number of amides is 1. The molecule has 0 aromatic carbocycles. The molecule has 1 spiro atoms. The largest absolute Gasteiger partial charge is 0.455 e. The van der Waals surface area contributed by atoms with Gasteiger partial charge in [-0.1, -0.05) is 0 Å². The molecule has 39 heavy (non-hydrogen) atoms. The van der Waals surface area contributed by atoms with Crippen LogP contribution in [-0.2, 0) is 4.74 Å². The maximum absolute atomic E-state index is 14.8. The molecule has 0 aliphatic carbocycles. The predicted octanol–water partition coefficient (Wildman–Crippen LogP) is 3.60. The number of fused-ring (bicyclic) bond motifs is 1. The summed E-state index contributed by atoms with van der Waals surface area (Å²) in [6, 6.07) is 3.21. The average molecular weight is 559 g/mol. The quantitative estimate of drug-likeness (QED) is 0.481. The SMILES string of the molecule is CC(C)(NC(=O)c1cn(-c2ncc(F)cc2F)c2nc(N3CC4(COC4)C3)ccc2c1=O)C(F)(F)C(F)(F)F. The molecule has 2 saturated heterocycles. The van der Waals surface area contributed by atoms with E-state index < -0.39 is 52.0 Å². The zero-order chi connectivity index (χ0) is 28.5. The summed E-state index contributed by atoms with van der Waals surface area (Å²) in [6.07, 6.45) is -4.62. The van der Waals surface area contributed by atoms with E-state index in [9.17, 15) is 40.3 Å². The Labute approximate surface area is 215 Å². The van der Waals surface area contributed by atoms with Crippen LogP contribution >= 0.6 is 0 Å². The van der Waals surface area contributed by atoms with Gasteiger partial charge in [0, 0.05) is 25.4 Å². The molecule has 2 aliphatic rings. The highest BCUT2D eigenvalue weighted by Gasteiger charge is 2.67. The zero-order valence-electron chi connectivity index (χ0n) is 20.4. The third kappa shape index (κ3) is 4.28. The lowest BCUT2D eigenvalue weighted by molar-refractivity contribution is -0.305. The minimum Gasteiger partial charge on any atom is -0.380 e. The second kappa shape index (κ2) is 8.63. The summed E-state index contributed by atoms with van der Waals surface area (Å²) in [5.41, 5.74) is -5.32.